The average molecular weight is 157 g/mol. The van der Waals surface area contributed by atoms with Crippen molar-refractivity contribution in [2.45, 2.75) is 39.3 Å². The molecule has 11 heavy (non-hydrogen) atoms. The van der Waals surface area contributed by atoms with Crippen molar-refractivity contribution in [2.24, 2.45) is 17.6 Å². The summed E-state index contributed by atoms with van der Waals surface area (Å²) < 4.78 is 5.46. The van der Waals surface area contributed by atoms with E-state index in [1.54, 1.807) is 0 Å². The first-order valence-electron chi connectivity index (χ1n) is 4.50. The van der Waals surface area contributed by atoms with E-state index >= 15 is 0 Å². The predicted molar refractivity (Wildman–Crippen MR) is 46.3 cm³/mol. The van der Waals surface area contributed by atoms with Gasteiger partial charge in [-0.25, -0.2) is 0 Å². The summed E-state index contributed by atoms with van der Waals surface area (Å²) in [6.07, 6.45) is 1.51. The molecule has 0 spiro atoms. The molecule has 3 atom stereocenters. The normalized spacial score (nSPS) is 34.6. The van der Waals surface area contributed by atoms with Crippen molar-refractivity contribution >= 4 is 0 Å². The van der Waals surface area contributed by atoms with E-state index < -0.39 is 0 Å². The first-order chi connectivity index (χ1) is 5.13. The Morgan fingerprint density at radius 2 is 2.09 bits per heavy atom. The molecular weight excluding hydrogens is 138 g/mol. The van der Waals surface area contributed by atoms with E-state index in [0.717, 1.165) is 13.0 Å². The fourth-order valence-electron chi connectivity index (χ4n) is 1.75. The van der Waals surface area contributed by atoms with Crippen LogP contribution < -0.4 is 5.73 Å². The van der Waals surface area contributed by atoms with Crippen LogP contribution in [0.15, 0.2) is 0 Å². The van der Waals surface area contributed by atoms with Crippen LogP contribution in [-0.4, -0.2) is 18.8 Å². The molecule has 1 aliphatic rings. The molecular formula is C9H19NO. The van der Waals surface area contributed by atoms with Crippen LogP contribution in [0.25, 0.3) is 0 Å². The van der Waals surface area contributed by atoms with Gasteiger partial charge in [-0.2, -0.15) is 0 Å². The van der Waals surface area contributed by atoms with Gasteiger partial charge in [0.15, 0.2) is 0 Å². The van der Waals surface area contributed by atoms with E-state index in [1.165, 1.54) is 0 Å². The van der Waals surface area contributed by atoms with E-state index in [2.05, 4.69) is 20.8 Å². The molecule has 0 aromatic rings. The maximum Gasteiger partial charge on any atom is 0.0590 e. The SMILES string of the molecule is CC(C)C(N)C1CCOC1C. The van der Waals surface area contributed by atoms with E-state index in [1.807, 2.05) is 0 Å². The third-order valence-corrected chi connectivity index (χ3v) is 2.70. The van der Waals surface area contributed by atoms with Crippen molar-refractivity contribution in [3.8, 4) is 0 Å². The molecule has 3 unspecified atom stereocenters. The van der Waals surface area contributed by atoms with Crippen molar-refractivity contribution in [1.29, 1.82) is 0 Å². The molecule has 0 aromatic carbocycles. The minimum atomic E-state index is 0.312. The lowest BCUT2D eigenvalue weighted by Gasteiger charge is -2.24. The first-order valence-corrected chi connectivity index (χ1v) is 4.50. The monoisotopic (exact) mass is 157 g/mol. The van der Waals surface area contributed by atoms with Gasteiger partial charge in [0.05, 0.1) is 6.10 Å². The highest BCUT2D eigenvalue weighted by Gasteiger charge is 2.30. The lowest BCUT2D eigenvalue weighted by molar-refractivity contribution is 0.0947. The van der Waals surface area contributed by atoms with Crippen LogP contribution in [-0.2, 0) is 4.74 Å². The van der Waals surface area contributed by atoms with Crippen molar-refractivity contribution in [2.75, 3.05) is 6.61 Å². The average Bonchev–Trinajstić information content (AvgIpc) is 2.33. The predicted octanol–water partition coefficient (Wildman–Crippen LogP) is 1.39. The summed E-state index contributed by atoms with van der Waals surface area (Å²) in [5, 5.41) is 0. The number of hydrogen-bond donors (Lipinski definition) is 1. The van der Waals surface area contributed by atoms with E-state index in [9.17, 15) is 0 Å². The standard InChI is InChI=1S/C9H19NO/c1-6(2)9(10)8-4-5-11-7(8)3/h6-9H,4-5,10H2,1-3H3. The highest BCUT2D eigenvalue weighted by molar-refractivity contribution is 4.83. The molecule has 66 valence electrons. The largest absolute Gasteiger partial charge is 0.378 e. The van der Waals surface area contributed by atoms with Crippen LogP contribution in [0, 0.1) is 11.8 Å². The molecule has 0 aromatic heterocycles. The van der Waals surface area contributed by atoms with Gasteiger partial charge in [-0.1, -0.05) is 13.8 Å². The zero-order valence-electron chi connectivity index (χ0n) is 7.71. The second-order valence-electron chi connectivity index (χ2n) is 3.85. The second kappa shape index (κ2) is 3.55. The molecule has 1 saturated heterocycles. The quantitative estimate of drug-likeness (QED) is 0.657. The molecule has 0 aliphatic carbocycles. The molecule has 2 heteroatoms. The van der Waals surface area contributed by atoms with Crippen molar-refractivity contribution in [3.05, 3.63) is 0 Å². The van der Waals surface area contributed by atoms with E-state index in [-0.39, 0.29) is 0 Å². The Balaban J connectivity index is 2.45. The second-order valence-corrected chi connectivity index (χ2v) is 3.85. The summed E-state index contributed by atoms with van der Waals surface area (Å²) in [4.78, 5) is 0. The highest BCUT2D eigenvalue weighted by atomic mass is 16.5. The summed E-state index contributed by atoms with van der Waals surface area (Å²) in [5.41, 5.74) is 6.03. The molecule has 1 aliphatic heterocycles. The summed E-state index contributed by atoms with van der Waals surface area (Å²) in [6.45, 7) is 7.37. The Labute approximate surface area is 69.1 Å². The zero-order chi connectivity index (χ0) is 8.43. The van der Waals surface area contributed by atoms with Gasteiger partial charge in [0.25, 0.3) is 0 Å². The Morgan fingerprint density at radius 1 is 1.45 bits per heavy atom. The van der Waals surface area contributed by atoms with Crippen LogP contribution in [0.1, 0.15) is 27.2 Å². The maximum atomic E-state index is 6.03. The van der Waals surface area contributed by atoms with Gasteiger partial charge in [-0.15, -0.1) is 0 Å². The maximum absolute atomic E-state index is 6.03. The molecule has 0 bridgehead atoms. The fourth-order valence-corrected chi connectivity index (χ4v) is 1.75. The summed E-state index contributed by atoms with van der Waals surface area (Å²) in [5.74, 6) is 1.15. The molecule has 1 heterocycles. The van der Waals surface area contributed by atoms with Crippen LogP contribution in [0.5, 0.6) is 0 Å². The van der Waals surface area contributed by atoms with Gasteiger partial charge in [0.1, 0.15) is 0 Å². The lowest BCUT2D eigenvalue weighted by atomic mass is 9.87. The van der Waals surface area contributed by atoms with Crippen molar-refractivity contribution in [3.63, 3.8) is 0 Å². The highest BCUT2D eigenvalue weighted by Crippen LogP contribution is 2.25. The third-order valence-electron chi connectivity index (χ3n) is 2.70. The summed E-state index contributed by atoms with van der Waals surface area (Å²) >= 11 is 0. The molecule has 1 fully saturated rings. The molecule has 1 rings (SSSR count). The Morgan fingerprint density at radius 3 is 2.45 bits per heavy atom. The number of rotatable bonds is 2. The number of hydrogen-bond acceptors (Lipinski definition) is 2. The minimum Gasteiger partial charge on any atom is -0.378 e. The first kappa shape index (κ1) is 9.01. The van der Waals surface area contributed by atoms with Crippen LogP contribution in [0.4, 0.5) is 0 Å². The van der Waals surface area contributed by atoms with E-state index in [4.69, 9.17) is 10.5 Å². The smallest absolute Gasteiger partial charge is 0.0590 e. The van der Waals surface area contributed by atoms with Crippen LogP contribution in [0.2, 0.25) is 0 Å². The number of ether oxygens (including phenoxy) is 1. The third kappa shape index (κ3) is 1.94. The van der Waals surface area contributed by atoms with Gasteiger partial charge < -0.3 is 10.5 Å². The Bertz CT molecular complexity index is 125. The minimum absolute atomic E-state index is 0.312. The van der Waals surface area contributed by atoms with Crippen molar-refractivity contribution in [1.82, 2.24) is 0 Å². The van der Waals surface area contributed by atoms with Gasteiger partial charge in [-0.05, 0) is 19.3 Å². The van der Waals surface area contributed by atoms with Crippen LogP contribution >= 0.6 is 0 Å². The summed E-state index contributed by atoms with van der Waals surface area (Å²) in [7, 11) is 0. The number of nitrogens with two attached hydrogens (primary N) is 1. The fraction of sp³-hybridized carbons (Fsp3) is 1.00. The van der Waals surface area contributed by atoms with Gasteiger partial charge in [0.2, 0.25) is 0 Å². The van der Waals surface area contributed by atoms with Gasteiger partial charge in [0, 0.05) is 18.6 Å². The Kier molecular flexibility index (Phi) is 2.90. The zero-order valence-corrected chi connectivity index (χ0v) is 7.71. The van der Waals surface area contributed by atoms with Gasteiger partial charge >= 0.3 is 0 Å². The van der Waals surface area contributed by atoms with E-state index in [0.29, 0.717) is 24.0 Å². The summed E-state index contributed by atoms with van der Waals surface area (Å²) in [6, 6.07) is 0.312. The molecule has 0 radical (unpaired) electrons. The lowest BCUT2D eigenvalue weighted by Crippen LogP contribution is -2.38. The van der Waals surface area contributed by atoms with Gasteiger partial charge in [-0.3, -0.25) is 0 Å². The molecule has 2 N–H and O–H groups in total. The molecule has 0 amide bonds. The van der Waals surface area contributed by atoms with Crippen LogP contribution in [0.3, 0.4) is 0 Å². The topological polar surface area (TPSA) is 35.2 Å². The molecule has 2 nitrogen and oxygen atoms in total. The Hall–Kier alpha value is -0.0800. The molecule has 0 saturated carbocycles. The van der Waals surface area contributed by atoms with Crippen molar-refractivity contribution < 1.29 is 4.74 Å².